The highest BCUT2D eigenvalue weighted by molar-refractivity contribution is 5.14. The fourth-order valence-corrected chi connectivity index (χ4v) is 3.31. The molecule has 1 aliphatic carbocycles. The summed E-state index contributed by atoms with van der Waals surface area (Å²) in [5.74, 6) is -0.257. The van der Waals surface area contributed by atoms with Gasteiger partial charge in [-0.2, -0.15) is 0 Å². The molecule has 1 aliphatic heterocycles. The average Bonchev–Trinajstić information content (AvgIpc) is 2.98. The minimum Gasteiger partial charge on any atom is -0.378 e. The molecule has 0 amide bonds. The van der Waals surface area contributed by atoms with Gasteiger partial charge in [-0.15, -0.1) is 0 Å². The number of aryl methyl sites for hydroxylation is 1. The number of rotatable bonds is 6. The Bertz CT molecular complexity index is 402. The minimum atomic E-state index is -0.257. The molecule has 1 saturated heterocycles. The van der Waals surface area contributed by atoms with E-state index in [-0.39, 0.29) is 5.79 Å². The summed E-state index contributed by atoms with van der Waals surface area (Å²) >= 11 is 0. The average molecular weight is 290 g/mol. The second-order valence-corrected chi connectivity index (χ2v) is 6.12. The van der Waals surface area contributed by atoms with Crippen LogP contribution in [0.1, 0.15) is 44.1 Å². The van der Waals surface area contributed by atoms with Crippen LogP contribution in [0.25, 0.3) is 0 Å². The number of unbranched alkanes of at least 4 members (excludes halogenated alkanes) is 1. The van der Waals surface area contributed by atoms with E-state index in [0.29, 0.717) is 6.10 Å². The first-order valence-electron chi connectivity index (χ1n) is 8.30. The highest BCUT2D eigenvalue weighted by atomic mass is 16.7. The molecule has 1 heterocycles. The van der Waals surface area contributed by atoms with Crippen molar-refractivity contribution in [2.24, 2.45) is 0 Å². The first kappa shape index (κ1) is 15.0. The van der Waals surface area contributed by atoms with Crippen LogP contribution in [-0.2, 0) is 20.6 Å². The lowest BCUT2D eigenvalue weighted by Crippen LogP contribution is -2.37. The van der Waals surface area contributed by atoms with Crippen LogP contribution in [-0.4, -0.2) is 31.7 Å². The molecule has 21 heavy (non-hydrogen) atoms. The zero-order valence-electron chi connectivity index (χ0n) is 12.8. The molecule has 0 unspecified atom stereocenters. The molecular formula is C18H26O3. The lowest BCUT2D eigenvalue weighted by Gasteiger charge is -2.35. The lowest BCUT2D eigenvalue weighted by atomic mass is 9.92. The van der Waals surface area contributed by atoms with Crippen molar-refractivity contribution in [3.63, 3.8) is 0 Å². The highest BCUT2D eigenvalue weighted by Crippen LogP contribution is 2.36. The van der Waals surface area contributed by atoms with Gasteiger partial charge in [0.15, 0.2) is 5.79 Å². The predicted molar refractivity (Wildman–Crippen MR) is 82.2 cm³/mol. The molecule has 1 aromatic carbocycles. The molecule has 3 nitrogen and oxygen atoms in total. The molecule has 2 aliphatic rings. The van der Waals surface area contributed by atoms with Crippen LogP contribution in [0.5, 0.6) is 0 Å². The third-order valence-electron chi connectivity index (χ3n) is 4.56. The topological polar surface area (TPSA) is 27.7 Å². The van der Waals surface area contributed by atoms with E-state index in [2.05, 4.69) is 30.3 Å². The Hall–Kier alpha value is -0.900. The smallest absolute Gasteiger partial charge is 0.168 e. The maximum absolute atomic E-state index is 6.01. The van der Waals surface area contributed by atoms with Crippen LogP contribution in [0.2, 0.25) is 0 Å². The Morgan fingerprint density at radius 3 is 2.43 bits per heavy atom. The van der Waals surface area contributed by atoms with Gasteiger partial charge in [0.2, 0.25) is 0 Å². The second kappa shape index (κ2) is 7.39. The van der Waals surface area contributed by atoms with E-state index in [0.717, 1.165) is 58.3 Å². The van der Waals surface area contributed by atoms with E-state index >= 15 is 0 Å². The van der Waals surface area contributed by atoms with Crippen molar-refractivity contribution in [1.82, 2.24) is 0 Å². The number of benzene rings is 1. The number of hydrogen-bond donors (Lipinski definition) is 0. The molecule has 1 saturated carbocycles. The van der Waals surface area contributed by atoms with E-state index in [1.165, 1.54) is 12.0 Å². The van der Waals surface area contributed by atoms with E-state index in [9.17, 15) is 0 Å². The van der Waals surface area contributed by atoms with Crippen LogP contribution in [0.15, 0.2) is 30.3 Å². The predicted octanol–water partition coefficient (Wildman–Crippen LogP) is 3.71. The SMILES string of the molecule is c1ccc(CCCCOC2CCC3(CC2)OCCO3)cc1. The van der Waals surface area contributed by atoms with Gasteiger partial charge in [0.25, 0.3) is 0 Å². The Morgan fingerprint density at radius 1 is 1.00 bits per heavy atom. The van der Waals surface area contributed by atoms with Crippen molar-refractivity contribution in [1.29, 1.82) is 0 Å². The summed E-state index contributed by atoms with van der Waals surface area (Å²) in [6.07, 6.45) is 8.01. The van der Waals surface area contributed by atoms with Crippen LogP contribution < -0.4 is 0 Å². The Balaban J connectivity index is 1.27. The maximum atomic E-state index is 6.01. The zero-order valence-corrected chi connectivity index (χ0v) is 12.8. The van der Waals surface area contributed by atoms with Crippen molar-refractivity contribution in [2.45, 2.75) is 56.8 Å². The monoisotopic (exact) mass is 290 g/mol. The molecular weight excluding hydrogens is 264 g/mol. The lowest BCUT2D eigenvalue weighted by molar-refractivity contribution is -0.191. The van der Waals surface area contributed by atoms with Gasteiger partial charge in [-0.25, -0.2) is 0 Å². The number of hydrogen-bond acceptors (Lipinski definition) is 3. The molecule has 2 fully saturated rings. The third-order valence-corrected chi connectivity index (χ3v) is 4.56. The van der Waals surface area contributed by atoms with Gasteiger partial charge in [0.1, 0.15) is 0 Å². The van der Waals surface area contributed by atoms with Gasteiger partial charge < -0.3 is 14.2 Å². The Morgan fingerprint density at radius 2 is 1.71 bits per heavy atom. The van der Waals surface area contributed by atoms with Crippen molar-refractivity contribution in [3.8, 4) is 0 Å². The standard InChI is InChI=1S/C18H26O3/c1-2-6-16(7-3-1)8-4-5-13-19-17-9-11-18(12-10-17)20-14-15-21-18/h1-3,6-7,17H,4-5,8-15H2. The van der Waals surface area contributed by atoms with E-state index in [1.54, 1.807) is 0 Å². The van der Waals surface area contributed by atoms with Gasteiger partial charge in [0.05, 0.1) is 19.3 Å². The van der Waals surface area contributed by atoms with Crippen molar-refractivity contribution in [3.05, 3.63) is 35.9 Å². The molecule has 1 spiro atoms. The summed E-state index contributed by atoms with van der Waals surface area (Å²) in [6.45, 7) is 2.39. The third kappa shape index (κ3) is 4.29. The Kier molecular flexibility index (Phi) is 5.28. The fourth-order valence-electron chi connectivity index (χ4n) is 3.31. The first-order valence-corrected chi connectivity index (χ1v) is 8.30. The van der Waals surface area contributed by atoms with Crippen molar-refractivity contribution >= 4 is 0 Å². The molecule has 0 aromatic heterocycles. The molecule has 116 valence electrons. The second-order valence-electron chi connectivity index (χ2n) is 6.12. The van der Waals surface area contributed by atoms with Gasteiger partial charge in [-0.1, -0.05) is 30.3 Å². The van der Waals surface area contributed by atoms with E-state index < -0.39 is 0 Å². The quantitative estimate of drug-likeness (QED) is 0.747. The maximum Gasteiger partial charge on any atom is 0.168 e. The summed E-state index contributed by atoms with van der Waals surface area (Å²) in [4.78, 5) is 0. The van der Waals surface area contributed by atoms with Gasteiger partial charge in [-0.05, 0) is 37.7 Å². The van der Waals surface area contributed by atoms with E-state index in [4.69, 9.17) is 14.2 Å². The first-order chi connectivity index (χ1) is 10.4. The van der Waals surface area contributed by atoms with Crippen LogP contribution in [0, 0.1) is 0 Å². The molecule has 0 radical (unpaired) electrons. The normalized spacial score (nSPS) is 21.9. The van der Waals surface area contributed by atoms with Crippen LogP contribution >= 0.6 is 0 Å². The summed E-state index contributed by atoms with van der Waals surface area (Å²) in [5.41, 5.74) is 1.42. The van der Waals surface area contributed by atoms with Crippen molar-refractivity contribution < 1.29 is 14.2 Å². The molecule has 1 aromatic rings. The molecule has 0 N–H and O–H groups in total. The molecule has 3 heteroatoms. The minimum absolute atomic E-state index is 0.257. The van der Waals surface area contributed by atoms with E-state index in [1.807, 2.05) is 0 Å². The van der Waals surface area contributed by atoms with Crippen LogP contribution in [0.3, 0.4) is 0 Å². The largest absolute Gasteiger partial charge is 0.378 e. The summed E-state index contributed by atoms with van der Waals surface area (Å²) in [5, 5.41) is 0. The van der Waals surface area contributed by atoms with Crippen molar-refractivity contribution in [2.75, 3.05) is 19.8 Å². The number of ether oxygens (including phenoxy) is 3. The van der Waals surface area contributed by atoms with Gasteiger partial charge in [0, 0.05) is 19.4 Å². The summed E-state index contributed by atoms with van der Waals surface area (Å²) in [7, 11) is 0. The Labute approximate surface area is 127 Å². The fraction of sp³-hybridized carbons (Fsp3) is 0.667. The molecule has 3 rings (SSSR count). The summed E-state index contributed by atoms with van der Waals surface area (Å²) < 4.78 is 17.5. The van der Waals surface area contributed by atoms with Gasteiger partial charge in [-0.3, -0.25) is 0 Å². The van der Waals surface area contributed by atoms with Crippen LogP contribution in [0.4, 0.5) is 0 Å². The van der Waals surface area contributed by atoms with Gasteiger partial charge >= 0.3 is 0 Å². The summed E-state index contributed by atoms with van der Waals surface area (Å²) in [6, 6.07) is 10.7. The molecule has 0 atom stereocenters. The highest BCUT2D eigenvalue weighted by Gasteiger charge is 2.40. The zero-order chi connectivity index (χ0) is 14.4. The molecule has 0 bridgehead atoms.